The van der Waals surface area contributed by atoms with Crippen molar-refractivity contribution >= 4 is 23.4 Å². The summed E-state index contributed by atoms with van der Waals surface area (Å²) in [6.45, 7) is 5.63. The van der Waals surface area contributed by atoms with Crippen LogP contribution in [0.3, 0.4) is 0 Å². The first-order chi connectivity index (χ1) is 15.1. The van der Waals surface area contributed by atoms with Crippen molar-refractivity contribution in [1.82, 2.24) is 15.1 Å². The van der Waals surface area contributed by atoms with Crippen LogP contribution in [0.25, 0.3) is 0 Å². The topological polar surface area (TPSA) is 73.0 Å². The number of imide groups is 1. The molecule has 2 fully saturated rings. The number of benzene rings is 2. The van der Waals surface area contributed by atoms with Gasteiger partial charge in [0.25, 0.3) is 5.91 Å². The third kappa shape index (κ3) is 5.30. The zero-order valence-electron chi connectivity index (χ0n) is 17.6. The van der Waals surface area contributed by atoms with Gasteiger partial charge in [-0.05, 0) is 29.8 Å². The maximum absolute atomic E-state index is 12.4. The van der Waals surface area contributed by atoms with Gasteiger partial charge in [-0.15, -0.1) is 0 Å². The van der Waals surface area contributed by atoms with E-state index in [2.05, 4.69) is 39.4 Å². The second-order valence-corrected chi connectivity index (χ2v) is 7.99. The largest absolute Gasteiger partial charge is 0.369 e. The monoisotopic (exact) mass is 420 g/mol. The van der Waals surface area contributed by atoms with E-state index in [1.165, 1.54) is 10.6 Å². The van der Waals surface area contributed by atoms with Crippen LogP contribution in [-0.4, -0.2) is 66.8 Å². The van der Waals surface area contributed by atoms with Crippen LogP contribution < -0.4 is 10.2 Å². The van der Waals surface area contributed by atoms with E-state index in [9.17, 15) is 14.4 Å². The summed E-state index contributed by atoms with van der Waals surface area (Å²) < 4.78 is 0. The number of piperazine rings is 1. The smallest absolute Gasteiger partial charge is 0.251 e. The third-order valence-electron chi connectivity index (χ3n) is 5.92. The number of carbonyl (C=O) groups is 3. The van der Waals surface area contributed by atoms with Crippen LogP contribution in [0.2, 0.25) is 0 Å². The van der Waals surface area contributed by atoms with Crippen LogP contribution in [0.15, 0.2) is 54.6 Å². The van der Waals surface area contributed by atoms with Crippen molar-refractivity contribution in [2.24, 2.45) is 0 Å². The average molecular weight is 421 g/mol. The SMILES string of the molecule is O=C(NCCN1CCN(c2ccccc2)CC1)c1ccc(CN2C(=O)CCC2=O)cc1. The minimum atomic E-state index is -0.128. The highest BCUT2D eigenvalue weighted by molar-refractivity contribution is 6.01. The summed E-state index contributed by atoms with van der Waals surface area (Å²) in [7, 11) is 0. The molecule has 2 aliphatic rings. The Balaban J connectivity index is 1.19. The maximum atomic E-state index is 12.4. The van der Waals surface area contributed by atoms with E-state index in [0.717, 1.165) is 38.3 Å². The molecule has 2 aromatic carbocycles. The first kappa shape index (κ1) is 21.1. The molecular formula is C24H28N4O3. The van der Waals surface area contributed by atoms with Crippen molar-refractivity contribution in [1.29, 1.82) is 0 Å². The van der Waals surface area contributed by atoms with Gasteiger partial charge >= 0.3 is 0 Å². The maximum Gasteiger partial charge on any atom is 0.251 e. The molecule has 0 bridgehead atoms. The summed E-state index contributed by atoms with van der Waals surface area (Å²) in [4.78, 5) is 41.9. The third-order valence-corrected chi connectivity index (χ3v) is 5.92. The molecule has 4 rings (SSSR count). The molecule has 31 heavy (non-hydrogen) atoms. The Morgan fingerprint density at radius 1 is 0.839 bits per heavy atom. The molecule has 1 N–H and O–H groups in total. The lowest BCUT2D eigenvalue weighted by Gasteiger charge is -2.36. The molecule has 2 aromatic rings. The van der Waals surface area contributed by atoms with Crippen molar-refractivity contribution in [3.05, 3.63) is 65.7 Å². The fraction of sp³-hybridized carbons (Fsp3) is 0.375. The fourth-order valence-electron chi connectivity index (χ4n) is 4.04. The number of para-hydroxylation sites is 1. The molecule has 7 heteroatoms. The predicted molar refractivity (Wildman–Crippen MR) is 119 cm³/mol. The number of nitrogens with zero attached hydrogens (tertiary/aromatic N) is 3. The Morgan fingerprint density at radius 2 is 1.48 bits per heavy atom. The highest BCUT2D eigenvalue weighted by Crippen LogP contribution is 2.17. The lowest BCUT2D eigenvalue weighted by molar-refractivity contribution is -0.139. The number of rotatable bonds is 7. The van der Waals surface area contributed by atoms with Gasteiger partial charge in [0, 0.05) is 63.4 Å². The highest BCUT2D eigenvalue weighted by Gasteiger charge is 2.28. The number of hydrogen-bond donors (Lipinski definition) is 1. The number of hydrogen-bond acceptors (Lipinski definition) is 5. The lowest BCUT2D eigenvalue weighted by atomic mass is 10.1. The lowest BCUT2D eigenvalue weighted by Crippen LogP contribution is -2.48. The van der Waals surface area contributed by atoms with Gasteiger partial charge in [-0.25, -0.2) is 0 Å². The van der Waals surface area contributed by atoms with Crippen LogP contribution in [-0.2, 0) is 16.1 Å². The minimum absolute atomic E-state index is 0.109. The van der Waals surface area contributed by atoms with Gasteiger partial charge in [-0.1, -0.05) is 30.3 Å². The zero-order chi connectivity index (χ0) is 21.6. The van der Waals surface area contributed by atoms with Gasteiger partial charge in [-0.3, -0.25) is 24.2 Å². The summed E-state index contributed by atoms with van der Waals surface area (Å²) in [6, 6.07) is 17.5. The molecule has 0 saturated carbocycles. The molecule has 3 amide bonds. The van der Waals surface area contributed by atoms with Crippen molar-refractivity contribution in [2.45, 2.75) is 19.4 Å². The van der Waals surface area contributed by atoms with E-state index in [0.29, 0.717) is 24.9 Å². The number of nitrogens with one attached hydrogen (secondary N) is 1. The second-order valence-electron chi connectivity index (χ2n) is 7.99. The average Bonchev–Trinajstić information content (AvgIpc) is 3.12. The zero-order valence-corrected chi connectivity index (χ0v) is 17.6. The van der Waals surface area contributed by atoms with Crippen molar-refractivity contribution in [3.63, 3.8) is 0 Å². The molecule has 0 aromatic heterocycles. The standard InChI is InChI=1S/C24H28N4O3/c29-22-10-11-23(30)28(22)18-19-6-8-20(9-7-19)24(31)25-12-13-26-14-16-27(17-15-26)21-4-2-1-3-5-21/h1-9H,10-18H2,(H,25,31). The first-order valence-electron chi connectivity index (χ1n) is 10.8. The molecule has 162 valence electrons. The molecular weight excluding hydrogens is 392 g/mol. The van der Waals surface area contributed by atoms with Gasteiger partial charge < -0.3 is 10.2 Å². The first-order valence-corrected chi connectivity index (χ1v) is 10.8. The number of carbonyl (C=O) groups excluding carboxylic acids is 3. The van der Waals surface area contributed by atoms with Gasteiger partial charge in [0.2, 0.25) is 11.8 Å². The normalized spacial score (nSPS) is 17.3. The van der Waals surface area contributed by atoms with E-state index in [1.807, 2.05) is 6.07 Å². The van der Waals surface area contributed by atoms with Crippen molar-refractivity contribution in [2.75, 3.05) is 44.2 Å². The van der Waals surface area contributed by atoms with E-state index in [4.69, 9.17) is 0 Å². The number of likely N-dealkylation sites (tertiary alicyclic amines) is 1. The molecule has 0 unspecified atom stereocenters. The summed E-state index contributed by atoms with van der Waals surface area (Å²) >= 11 is 0. The van der Waals surface area contributed by atoms with Crippen LogP contribution >= 0.6 is 0 Å². The van der Waals surface area contributed by atoms with Crippen molar-refractivity contribution < 1.29 is 14.4 Å². The van der Waals surface area contributed by atoms with Gasteiger partial charge in [0.05, 0.1) is 6.54 Å². The quantitative estimate of drug-likeness (QED) is 0.693. The van der Waals surface area contributed by atoms with Crippen LogP contribution in [0.1, 0.15) is 28.8 Å². The molecule has 7 nitrogen and oxygen atoms in total. The number of amides is 3. The second kappa shape index (κ2) is 9.75. The summed E-state index contributed by atoms with van der Waals surface area (Å²) in [5.41, 5.74) is 2.69. The Hall–Kier alpha value is -3.19. The Morgan fingerprint density at radius 3 is 2.13 bits per heavy atom. The van der Waals surface area contributed by atoms with Gasteiger partial charge in [-0.2, -0.15) is 0 Å². The Labute approximate surface area is 182 Å². The van der Waals surface area contributed by atoms with Crippen LogP contribution in [0, 0.1) is 0 Å². The summed E-state index contributed by atoms with van der Waals surface area (Å²) in [6.07, 6.45) is 0.585. The molecule has 2 saturated heterocycles. The summed E-state index contributed by atoms with van der Waals surface area (Å²) in [5.74, 6) is -0.365. The Kier molecular flexibility index (Phi) is 6.62. The highest BCUT2D eigenvalue weighted by atomic mass is 16.2. The fourth-order valence-corrected chi connectivity index (χ4v) is 4.04. The molecule has 0 atom stereocenters. The van der Waals surface area contributed by atoms with E-state index in [-0.39, 0.29) is 24.3 Å². The molecule has 0 spiro atoms. The molecule has 0 aliphatic carbocycles. The summed E-state index contributed by atoms with van der Waals surface area (Å²) in [5, 5.41) is 2.98. The minimum Gasteiger partial charge on any atom is -0.369 e. The van der Waals surface area contributed by atoms with Crippen molar-refractivity contribution in [3.8, 4) is 0 Å². The van der Waals surface area contributed by atoms with Gasteiger partial charge in [0.15, 0.2) is 0 Å². The predicted octanol–water partition coefficient (Wildman–Crippen LogP) is 1.89. The molecule has 0 radical (unpaired) electrons. The number of anilines is 1. The van der Waals surface area contributed by atoms with Crippen LogP contribution in [0.4, 0.5) is 5.69 Å². The molecule has 2 heterocycles. The van der Waals surface area contributed by atoms with E-state index in [1.54, 1.807) is 24.3 Å². The van der Waals surface area contributed by atoms with E-state index >= 15 is 0 Å². The Bertz CT molecular complexity index is 906. The van der Waals surface area contributed by atoms with Gasteiger partial charge in [0.1, 0.15) is 0 Å². The molecule has 2 aliphatic heterocycles. The van der Waals surface area contributed by atoms with Crippen LogP contribution in [0.5, 0.6) is 0 Å². The van der Waals surface area contributed by atoms with E-state index < -0.39 is 0 Å².